The molecule has 0 aliphatic carbocycles. The summed E-state index contributed by atoms with van der Waals surface area (Å²) in [4.78, 5) is 23.3. The number of piperidine rings is 1. The number of hydrogen-bond acceptors (Lipinski definition) is 4. The molecule has 2 aliphatic rings. The molecule has 0 unspecified atom stereocenters. The highest BCUT2D eigenvalue weighted by Gasteiger charge is 2.24. The van der Waals surface area contributed by atoms with Crippen LogP contribution in [0.5, 0.6) is 0 Å². The maximum atomic E-state index is 12.4. The van der Waals surface area contributed by atoms with Crippen LogP contribution < -0.4 is 0 Å². The Bertz CT molecular complexity index is 473. The summed E-state index contributed by atoms with van der Waals surface area (Å²) in [6, 6.07) is 0. The monoisotopic (exact) mass is 319 g/mol. The Balaban J connectivity index is 1.35. The van der Waals surface area contributed by atoms with Crippen molar-refractivity contribution in [1.29, 1.82) is 0 Å². The number of carbonyl (C=O) groups excluding carboxylic acids is 1. The number of carbonyl (C=O) groups is 1. The van der Waals surface area contributed by atoms with Gasteiger partial charge in [0, 0.05) is 64.8 Å². The lowest BCUT2D eigenvalue weighted by Gasteiger charge is -2.36. The largest absolute Gasteiger partial charge is 0.342 e. The summed E-state index contributed by atoms with van der Waals surface area (Å²) in [6.45, 7) is 10.9. The maximum absolute atomic E-state index is 12.4. The fraction of sp³-hybridized carbons (Fsp3) is 0.765. The number of aromatic nitrogens is 2. The van der Waals surface area contributed by atoms with Crippen molar-refractivity contribution in [3.63, 3.8) is 0 Å². The standard InChI is InChI=1S/C17H29N5O/c1-16-2-5-22(6-3-16)17(23)14-20-11-8-19(9-12-20)10-13-21-7-4-18-15-21/h4,7,15-16H,2-3,5-6,8-14H2,1H3. The first-order valence-corrected chi connectivity index (χ1v) is 8.89. The van der Waals surface area contributed by atoms with Crippen molar-refractivity contribution in [3.05, 3.63) is 18.7 Å². The third kappa shape index (κ3) is 4.78. The minimum atomic E-state index is 0.323. The van der Waals surface area contributed by atoms with Gasteiger partial charge in [-0.15, -0.1) is 0 Å². The van der Waals surface area contributed by atoms with E-state index in [0.717, 1.165) is 71.1 Å². The molecule has 3 heterocycles. The van der Waals surface area contributed by atoms with E-state index in [1.54, 1.807) is 0 Å². The van der Waals surface area contributed by atoms with E-state index in [1.165, 1.54) is 0 Å². The summed E-state index contributed by atoms with van der Waals surface area (Å²) in [7, 11) is 0. The Labute approximate surface area is 139 Å². The van der Waals surface area contributed by atoms with Crippen molar-refractivity contribution in [2.24, 2.45) is 5.92 Å². The molecular formula is C17H29N5O. The lowest BCUT2D eigenvalue weighted by molar-refractivity contribution is -0.134. The molecule has 0 aromatic carbocycles. The van der Waals surface area contributed by atoms with Crippen molar-refractivity contribution in [3.8, 4) is 0 Å². The van der Waals surface area contributed by atoms with E-state index in [9.17, 15) is 4.79 Å². The van der Waals surface area contributed by atoms with Crippen LogP contribution in [0.15, 0.2) is 18.7 Å². The van der Waals surface area contributed by atoms with Gasteiger partial charge in [0.05, 0.1) is 12.9 Å². The van der Waals surface area contributed by atoms with Crippen molar-refractivity contribution in [2.45, 2.75) is 26.3 Å². The summed E-state index contributed by atoms with van der Waals surface area (Å²) >= 11 is 0. The van der Waals surface area contributed by atoms with Crippen LogP contribution in [-0.4, -0.2) is 82.5 Å². The van der Waals surface area contributed by atoms with Crippen LogP contribution in [0.2, 0.25) is 0 Å². The average molecular weight is 319 g/mol. The van der Waals surface area contributed by atoms with E-state index in [2.05, 4.69) is 31.2 Å². The highest BCUT2D eigenvalue weighted by molar-refractivity contribution is 5.78. The third-order valence-electron chi connectivity index (χ3n) is 5.19. The highest BCUT2D eigenvalue weighted by Crippen LogP contribution is 2.16. The molecule has 6 nitrogen and oxygen atoms in total. The summed E-state index contributed by atoms with van der Waals surface area (Å²) in [5, 5.41) is 0. The van der Waals surface area contributed by atoms with Crippen LogP contribution in [0.25, 0.3) is 0 Å². The molecule has 1 aromatic heterocycles. The second-order valence-corrected chi connectivity index (χ2v) is 6.98. The van der Waals surface area contributed by atoms with Gasteiger partial charge in [0.25, 0.3) is 0 Å². The minimum absolute atomic E-state index is 0.323. The number of piperazine rings is 1. The number of likely N-dealkylation sites (tertiary alicyclic amines) is 1. The lowest BCUT2D eigenvalue weighted by Crippen LogP contribution is -2.51. The van der Waals surface area contributed by atoms with E-state index in [1.807, 2.05) is 18.7 Å². The zero-order valence-corrected chi connectivity index (χ0v) is 14.2. The number of hydrogen-bond donors (Lipinski definition) is 0. The minimum Gasteiger partial charge on any atom is -0.342 e. The van der Waals surface area contributed by atoms with Gasteiger partial charge in [0.1, 0.15) is 0 Å². The maximum Gasteiger partial charge on any atom is 0.236 e. The molecule has 0 radical (unpaired) electrons. The highest BCUT2D eigenvalue weighted by atomic mass is 16.2. The summed E-state index contributed by atoms with van der Waals surface area (Å²) in [5.41, 5.74) is 0. The average Bonchev–Trinajstić information content (AvgIpc) is 3.08. The fourth-order valence-electron chi connectivity index (χ4n) is 3.40. The number of imidazole rings is 1. The van der Waals surface area contributed by atoms with E-state index in [4.69, 9.17) is 0 Å². The van der Waals surface area contributed by atoms with Gasteiger partial charge in [-0.3, -0.25) is 14.6 Å². The summed E-state index contributed by atoms with van der Waals surface area (Å²) in [6.07, 6.45) is 8.02. The topological polar surface area (TPSA) is 44.6 Å². The molecule has 23 heavy (non-hydrogen) atoms. The van der Waals surface area contributed by atoms with Crippen LogP contribution >= 0.6 is 0 Å². The molecule has 0 N–H and O–H groups in total. The Morgan fingerprint density at radius 1 is 1.04 bits per heavy atom. The second-order valence-electron chi connectivity index (χ2n) is 6.98. The Hall–Kier alpha value is -1.40. The van der Waals surface area contributed by atoms with E-state index in [0.29, 0.717) is 12.5 Å². The SMILES string of the molecule is CC1CCN(C(=O)CN2CCN(CCn3ccnc3)CC2)CC1. The van der Waals surface area contributed by atoms with Crippen LogP contribution in [0.3, 0.4) is 0 Å². The van der Waals surface area contributed by atoms with Gasteiger partial charge in [0.2, 0.25) is 5.91 Å². The van der Waals surface area contributed by atoms with Gasteiger partial charge in [-0.2, -0.15) is 0 Å². The van der Waals surface area contributed by atoms with Crippen molar-refractivity contribution in [2.75, 3.05) is 52.4 Å². The molecular weight excluding hydrogens is 290 g/mol. The second kappa shape index (κ2) is 7.93. The smallest absolute Gasteiger partial charge is 0.236 e. The number of rotatable bonds is 5. The predicted molar refractivity (Wildman–Crippen MR) is 90.1 cm³/mol. The van der Waals surface area contributed by atoms with Gasteiger partial charge < -0.3 is 9.47 Å². The quantitative estimate of drug-likeness (QED) is 0.804. The van der Waals surface area contributed by atoms with E-state index >= 15 is 0 Å². The molecule has 0 spiro atoms. The van der Waals surface area contributed by atoms with Gasteiger partial charge >= 0.3 is 0 Å². The Morgan fingerprint density at radius 3 is 2.39 bits per heavy atom. The molecule has 0 atom stereocenters. The summed E-state index contributed by atoms with van der Waals surface area (Å²) < 4.78 is 2.12. The van der Waals surface area contributed by atoms with Gasteiger partial charge in [-0.25, -0.2) is 4.98 Å². The lowest BCUT2D eigenvalue weighted by atomic mass is 9.99. The molecule has 2 saturated heterocycles. The van der Waals surface area contributed by atoms with Gasteiger partial charge in [-0.1, -0.05) is 6.92 Å². The normalized spacial score (nSPS) is 21.7. The van der Waals surface area contributed by atoms with E-state index in [-0.39, 0.29) is 0 Å². The van der Waals surface area contributed by atoms with Crippen molar-refractivity contribution in [1.82, 2.24) is 24.3 Å². The molecule has 1 amide bonds. The number of nitrogens with zero attached hydrogens (tertiary/aromatic N) is 5. The van der Waals surface area contributed by atoms with Gasteiger partial charge in [-0.05, 0) is 18.8 Å². The first-order chi connectivity index (χ1) is 11.2. The molecule has 128 valence electrons. The molecule has 1 aromatic rings. The molecule has 0 bridgehead atoms. The number of amides is 1. The first kappa shape index (κ1) is 16.5. The first-order valence-electron chi connectivity index (χ1n) is 8.89. The van der Waals surface area contributed by atoms with Crippen LogP contribution in [0.4, 0.5) is 0 Å². The van der Waals surface area contributed by atoms with Crippen LogP contribution in [0, 0.1) is 5.92 Å². The molecule has 2 aliphatic heterocycles. The molecule has 2 fully saturated rings. The van der Waals surface area contributed by atoms with Crippen molar-refractivity contribution < 1.29 is 4.79 Å². The van der Waals surface area contributed by atoms with Crippen LogP contribution in [-0.2, 0) is 11.3 Å². The summed E-state index contributed by atoms with van der Waals surface area (Å²) in [5.74, 6) is 1.10. The van der Waals surface area contributed by atoms with Crippen molar-refractivity contribution >= 4 is 5.91 Å². The Kier molecular flexibility index (Phi) is 5.67. The zero-order valence-electron chi connectivity index (χ0n) is 14.2. The van der Waals surface area contributed by atoms with E-state index < -0.39 is 0 Å². The Morgan fingerprint density at radius 2 is 1.74 bits per heavy atom. The van der Waals surface area contributed by atoms with Crippen LogP contribution in [0.1, 0.15) is 19.8 Å². The zero-order chi connectivity index (χ0) is 16.1. The third-order valence-corrected chi connectivity index (χ3v) is 5.19. The fourth-order valence-corrected chi connectivity index (χ4v) is 3.40. The molecule has 6 heteroatoms. The molecule has 0 saturated carbocycles. The molecule has 3 rings (SSSR count). The predicted octanol–water partition coefficient (Wildman–Crippen LogP) is 0.759. The van der Waals surface area contributed by atoms with Gasteiger partial charge in [0.15, 0.2) is 0 Å².